The number of aliphatic hydroxyl groups excluding tert-OH is 1. The molecule has 3 heterocycles. The van der Waals surface area contributed by atoms with Gasteiger partial charge in [-0.25, -0.2) is 0 Å². The number of amides is 3. The monoisotopic (exact) mass is 862 g/mol. The van der Waals surface area contributed by atoms with E-state index in [4.69, 9.17) is 26.1 Å². The molecule has 4 fully saturated rings. The highest BCUT2D eigenvalue weighted by atomic mass is 35.5. The second-order valence-electron chi connectivity index (χ2n) is 18.2. The molecule has 2 saturated carbocycles. The maximum Gasteiger partial charge on any atom is 0.311 e. The number of esters is 1. The Kier molecular flexibility index (Phi) is 9.93. The van der Waals surface area contributed by atoms with Crippen LogP contribution in [0.2, 0.25) is 5.02 Å². The number of aliphatic hydroxyl groups is 1. The number of carbonyl (C=O) groups excluding carboxylic acids is 4. The first-order chi connectivity index (χ1) is 30.4. The van der Waals surface area contributed by atoms with Gasteiger partial charge in [-0.05, 0) is 70.3 Å². The Morgan fingerprint density at radius 1 is 0.889 bits per heavy atom. The topological polar surface area (TPSA) is 138 Å². The number of nitrogens with zero attached hydrogens (tertiary/aromatic N) is 3. The van der Waals surface area contributed by atoms with Crippen LogP contribution in [0.4, 0.5) is 0 Å². The third-order valence-electron chi connectivity index (χ3n) is 13.5. The first-order valence-corrected chi connectivity index (χ1v) is 21.9. The molecular formula is C51H47ClN4O7. The zero-order valence-corrected chi connectivity index (χ0v) is 35.9. The summed E-state index contributed by atoms with van der Waals surface area (Å²) in [6.07, 6.45) is -1.37. The number of rotatable bonds is 13. The third kappa shape index (κ3) is 6.42. The lowest BCUT2D eigenvalue weighted by Gasteiger charge is -2.58. The zero-order chi connectivity index (χ0) is 43.8. The molecule has 320 valence electrons. The van der Waals surface area contributed by atoms with Crippen LogP contribution in [0.1, 0.15) is 62.6 Å². The predicted molar refractivity (Wildman–Crippen MR) is 237 cm³/mol. The van der Waals surface area contributed by atoms with Crippen LogP contribution in [0.5, 0.6) is 5.75 Å². The highest BCUT2D eigenvalue weighted by molar-refractivity contribution is 6.31. The fraction of sp³-hybridized carbons (Fsp3) is 0.314. The normalized spacial score (nSPS) is 25.5. The van der Waals surface area contributed by atoms with Crippen molar-refractivity contribution in [2.45, 2.75) is 76.1 Å². The van der Waals surface area contributed by atoms with Crippen LogP contribution in [-0.2, 0) is 30.3 Å². The van der Waals surface area contributed by atoms with Crippen LogP contribution in [0.25, 0.3) is 21.5 Å². The van der Waals surface area contributed by atoms with Crippen LogP contribution in [0.15, 0.2) is 134 Å². The molecule has 11 nitrogen and oxygen atoms in total. The molecule has 0 radical (unpaired) electrons. The molecule has 0 bridgehead atoms. The molecule has 3 amide bonds. The number of benzene rings is 5. The van der Waals surface area contributed by atoms with Crippen molar-refractivity contribution >= 4 is 56.8 Å². The highest BCUT2D eigenvalue weighted by Crippen LogP contribution is 2.98. The lowest BCUT2D eigenvalue weighted by atomic mass is 9.76. The molecular weight excluding hydrogens is 816 g/mol. The lowest BCUT2D eigenvalue weighted by molar-refractivity contribution is -0.207. The summed E-state index contributed by atoms with van der Waals surface area (Å²) in [6, 6.07) is 38.2. The van der Waals surface area contributed by atoms with Gasteiger partial charge in [-0.1, -0.05) is 129 Å². The number of piperidine rings is 1. The van der Waals surface area contributed by atoms with Crippen LogP contribution >= 0.6 is 11.6 Å². The molecule has 63 heavy (non-hydrogen) atoms. The van der Waals surface area contributed by atoms with Crippen molar-refractivity contribution in [2.24, 2.45) is 16.7 Å². The van der Waals surface area contributed by atoms with Gasteiger partial charge in [0.15, 0.2) is 6.23 Å². The number of carbonyl (C=O) groups is 4. The van der Waals surface area contributed by atoms with E-state index in [1.165, 1.54) is 4.90 Å². The van der Waals surface area contributed by atoms with Crippen molar-refractivity contribution in [3.8, 4) is 5.75 Å². The average molecular weight is 863 g/mol. The molecule has 8 atom stereocenters. The van der Waals surface area contributed by atoms with E-state index in [0.29, 0.717) is 28.5 Å². The summed E-state index contributed by atoms with van der Waals surface area (Å²) in [4.78, 5) is 66.5. The molecule has 12 heteroatoms. The number of pyridine rings is 1. The van der Waals surface area contributed by atoms with Crippen LogP contribution < -0.4 is 10.1 Å². The Morgan fingerprint density at radius 3 is 2.27 bits per heavy atom. The SMILES string of the molecule is CC(C)(C)C(O)C(C(=O)NCCc1ccccc1)N1C(=O)[C@@]23C(c4cc5ccccc5cn4)[C@H]2[C@]13N1C(=O)[C@H](CCC(=O)Oc2ccccc2)O[C@@H]1c1cc(Cl)cc2ccccc12. The molecule has 1 aromatic heterocycles. The first kappa shape index (κ1) is 40.9. The van der Waals surface area contributed by atoms with Gasteiger partial charge in [0.1, 0.15) is 29.0 Å². The summed E-state index contributed by atoms with van der Waals surface area (Å²) in [7, 11) is 0. The third-order valence-corrected chi connectivity index (χ3v) is 13.7. The highest BCUT2D eigenvalue weighted by Gasteiger charge is 3.12. The smallest absolute Gasteiger partial charge is 0.311 e. The van der Waals surface area contributed by atoms with Gasteiger partial charge in [0.2, 0.25) is 11.8 Å². The van der Waals surface area contributed by atoms with Gasteiger partial charge < -0.3 is 24.8 Å². The van der Waals surface area contributed by atoms with Crippen molar-refractivity contribution in [1.29, 1.82) is 0 Å². The maximum absolute atomic E-state index is 15.4. The molecule has 1 spiro atoms. The van der Waals surface area contributed by atoms with Crippen molar-refractivity contribution in [3.63, 3.8) is 0 Å². The first-order valence-electron chi connectivity index (χ1n) is 21.5. The number of para-hydroxylation sites is 1. The summed E-state index contributed by atoms with van der Waals surface area (Å²) in [5.41, 5.74) is -1.07. The van der Waals surface area contributed by atoms with E-state index in [1.54, 1.807) is 41.4 Å². The molecule has 4 aliphatic rings. The van der Waals surface area contributed by atoms with E-state index in [1.807, 2.05) is 118 Å². The Hall–Kier alpha value is -6.14. The second kappa shape index (κ2) is 15.3. The van der Waals surface area contributed by atoms with Gasteiger partial charge in [0, 0.05) is 52.7 Å². The molecule has 10 rings (SSSR count). The van der Waals surface area contributed by atoms with E-state index in [-0.39, 0.29) is 31.2 Å². The molecule has 6 aromatic rings. The number of ether oxygens (including phenoxy) is 2. The number of hydrogen-bond donors (Lipinski definition) is 2. The van der Waals surface area contributed by atoms with E-state index >= 15 is 9.59 Å². The predicted octanol–water partition coefficient (Wildman–Crippen LogP) is 7.74. The number of β-lactam (4-membered cyclic amide) rings is 1. The van der Waals surface area contributed by atoms with Crippen molar-refractivity contribution in [1.82, 2.24) is 20.1 Å². The van der Waals surface area contributed by atoms with Crippen molar-refractivity contribution in [2.75, 3.05) is 6.54 Å². The lowest BCUT2D eigenvalue weighted by Crippen LogP contribution is -2.78. The number of fused-ring (bicyclic) bond motifs is 3. The molecule has 3 unspecified atom stereocenters. The van der Waals surface area contributed by atoms with Crippen LogP contribution in [0, 0.1) is 16.7 Å². The summed E-state index contributed by atoms with van der Waals surface area (Å²) in [5, 5.41) is 19.2. The van der Waals surface area contributed by atoms with Crippen LogP contribution in [-0.4, -0.2) is 74.0 Å². The Labute approximate surface area is 370 Å². The molecule has 2 N–H and O–H groups in total. The minimum absolute atomic E-state index is 0.0125. The van der Waals surface area contributed by atoms with Crippen molar-refractivity contribution < 1.29 is 33.8 Å². The fourth-order valence-corrected chi connectivity index (χ4v) is 10.7. The number of halogens is 1. The number of likely N-dealkylation sites (tertiary alicyclic amines) is 1. The largest absolute Gasteiger partial charge is 0.427 e. The summed E-state index contributed by atoms with van der Waals surface area (Å²) in [6.45, 7) is 5.71. The minimum atomic E-state index is -1.39. The Morgan fingerprint density at radius 2 is 1.56 bits per heavy atom. The van der Waals surface area contributed by atoms with Gasteiger partial charge in [0.25, 0.3) is 5.91 Å². The van der Waals surface area contributed by atoms with Crippen molar-refractivity contribution in [3.05, 3.63) is 155 Å². The van der Waals surface area contributed by atoms with Gasteiger partial charge in [-0.2, -0.15) is 0 Å². The van der Waals surface area contributed by atoms with E-state index in [9.17, 15) is 14.7 Å². The van der Waals surface area contributed by atoms with E-state index in [2.05, 4.69) is 5.32 Å². The zero-order valence-electron chi connectivity index (χ0n) is 35.1. The standard InChI is InChI=1S/C51H47ClN4O7/c1-49(2,3)44(58)42(45(59)53-25-24-30-14-6-4-7-15-30)55-48(61)50-41(38-27-31-16-10-11-18-33(31)29-54-38)43(50)51(50,55)56-46(60)39(22-23-40(57)62-35-19-8-5-9-20-35)63-47(56)37-28-34(52)26-32-17-12-13-21-36(32)37/h4-21,26-29,39,41-44,47,58H,22-25H2,1-3H3,(H,53,59)/t39-,41?,42?,43+,44?,47+,50+,51+/m0/s1. The fourth-order valence-electron chi connectivity index (χ4n) is 10.5. The Bertz CT molecular complexity index is 2800. The number of hydrogen-bond acceptors (Lipinski definition) is 8. The summed E-state index contributed by atoms with van der Waals surface area (Å²) < 4.78 is 12.4. The minimum Gasteiger partial charge on any atom is -0.427 e. The number of nitrogens with one attached hydrogen (secondary N) is 1. The second-order valence-corrected chi connectivity index (χ2v) is 18.6. The molecule has 2 aliphatic carbocycles. The average Bonchev–Trinajstić information content (AvgIpc) is 4.09. The number of aromatic nitrogens is 1. The Balaban J connectivity index is 1.07. The van der Waals surface area contributed by atoms with Gasteiger partial charge in [-0.3, -0.25) is 29.1 Å². The van der Waals surface area contributed by atoms with E-state index in [0.717, 1.165) is 27.1 Å². The molecule has 2 saturated heterocycles. The molecule has 5 aromatic carbocycles. The van der Waals surface area contributed by atoms with E-state index < -0.39 is 64.7 Å². The van der Waals surface area contributed by atoms with Crippen LogP contribution in [0.3, 0.4) is 0 Å². The van der Waals surface area contributed by atoms with Gasteiger partial charge >= 0.3 is 5.97 Å². The molecule has 2 aliphatic heterocycles. The van der Waals surface area contributed by atoms with Gasteiger partial charge in [0.05, 0.1) is 6.10 Å². The summed E-state index contributed by atoms with van der Waals surface area (Å²) >= 11 is 6.81. The quantitative estimate of drug-likeness (QED) is 0.0684. The summed E-state index contributed by atoms with van der Waals surface area (Å²) in [5.74, 6) is -2.32. The maximum atomic E-state index is 15.4. The van der Waals surface area contributed by atoms with Gasteiger partial charge in [-0.15, -0.1) is 0 Å².